The van der Waals surface area contributed by atoms with Gasteiger partial charge in [0.05, 0.1) is 0 Å². The van der Waals surface area contributed by atoms with Crippen LogP contribution in [0.2, 0.25) is 0 Å². The van der Waals surface area contributed by atoms with Crippen LogP contribution in [0.1, 0.15) is 72.1 Å². The number of hydrogen-bond donors (Lipinski definition) is 1. The van der Waals surface area contributed by atoms with Crippen molar-refractivity contribution in [3.63, 3.8) is 0 Å². The molecule has 0 rings (SSSR count). The topological polar surface area (TPSA) is 47.9 Å². The van der Waals surface area contributed by atoms with Crippen LogP contribution in [0, 0.1) is 0 Å². The highest BCUT2D eigenvalue weighted by Crippen LogP contribution is 2.19. The second kappa shape index (κ2) is 10.0. The Hall–Kier alpha value is -0.160. The summed E-state index contributed by atoms with van der Waals surface area (Å²) in [5.41, 5.74) is -0.411. The van der Waals surface area contributed by atoms with Crippen molar-refractivity contribution in [1.82, 2.24) is 0 Å². The predicted octanol–water partition coefficient (Wildman–Crippen LogP) is 4.26. The first-order chi connectivity index (χ1) is 7.62. The van der Waals surface area contributed by atoms with E-state index in [1.54, 1.807) is 0 Å². The van der Waals surface area contributed by atoms with Gasteiger partial charge in [-0.1, -0.05) is 51.9 Å². The molecule has 0 unspecified atom stereocenters. The zero-order valence-corrected chi connectivity index (χ0v) is 10.8. The lowest BCUT2D eigenvalue weighted by Crippen LogP contribution is -2.24. The van der Waals surface area contributed by atoms with Crippen molar-refractivity contribution in [1.29, 1.82) is 0 Å². The van der Waals surface area contributed by atoms with Crippen molar-refractivity contribution in [3.05, 3.63) is 0 Å². The molecule has 0 bridgehead atoms. The van der Waals surface area contributed by atoms with Crippen LogP contribution in [-0.4, -0.2) is 10.9 Å². The van der Waals surface area contributed by atoms with Gasteiger partial charge >= 0.3 is 0 Å². The molecule has 0 saturated heterocycles. The lowest BCUT2D eigenvalue weighted by atomic mass is 9.99. The summed E-state index contributed by atoms with van der Waals surface area (Å²) in [5, 5.41) is 15.5. The van der Waals surface area contributed by atoms with Gasteiger partial charge in [0.2, 0.25) is 0 Å². The van der Waals surface area contributed by atoms with E-state index in [1.807, 2.05) is 13.8 Å². The lowest BCUT2D eigenvalue weighted by molar-refractivity contribution is -0.640. The van der Waals surface area contributed by atoms with Gasteiger partial charge in [-0.25, -0.2) is 5.26 Å². The normalized spacial score (nSPS) is 12.0. The first-order valence-electron chi connectivity index (χ1n) is 6.28. The molecule has 0 aromatic rings. The average Bonchev–Trinajstić information content (AvgIpc) is 2.25. The molecule has 1 N–H and O–H groups in total. The fourth-order valence-corrected chi connectivity index (χ4v) is 1.66. The number of unbranched alkanes of at least 4 members (excludes halogenated alkanes) is 6. The molecule has 0 aromatic carbocycles. The van der Waals surface area contributed by atoms with Crippen LogP contribution in [-0.2, 0) is 15.0 Å². The van der Waals surface area contributed by atoms with E-state index < -0.39 is 5.60 Å². The van der Waals surface area contributed by atoms with Crippen molar-refractivity contribution < 1.29 is 20.2 Å². The van der Waals surface area contributed by atoms with Crippen LogP contribution in [0.4, 0.5) is 0 Å². The smallest absolute Gasteiger partial charge is 0.101 e. The van der Waals surface area contributed by atoms with Gasteiger partial charge < -0.3 is 0 Å². The van der Waals surface area contributed by atoms with Gasteiger partial charge in [-0.15, -0.1) is 0 Å². The molecule has 0 saturated carbocycles. The quantitative estimate of drug-likeness (QED) is 0.329. The van der Waals surface area contributed by atoms with Crippen molar-refractivity contribution in [3.8, 4) is 0 Å². The third kappa shape index (κ3) is 10.4. The van der Waals surface area contributed by atoms with Crippen molar-refractivity contribution in [2.75, 3.05) is 0 Å². The van der Waals surface area contributed by atoms with Gasteiger partial charge in [0.25, 0.3) is 0 Å². The van der Waals surface area contributed by atoms with E-state index in [2.05, 4.69) is 17.0 Å². The summed E-state index contributed by atoms with van der Waals surface area (Å²) in [6, 6.07) is 0. The van der Waals surface area contributed by atoms with Crippen LogP contribution in [0.25, 0.3) is 0 Å². The third-order valence-corrected chi connectivity index (χ3v) is 2.67. The van der Waals surface area contributed by atoms with Crippen LogP contribution in [0.15, 0.2) is 0 Å². The Balaban J connectivity index is 3.29. The Bertz CT molecular complexity index is 148. The maximum absolute atomic E-state index is 7.97. The van der Waals surface area contributed by atoms with Gasteiger partial charge in [-0.05, 0) is 30.3 Å². The van der Waals surface area contributed by atoms with Gasteiger partial charge in [-0.3, -0.25) is 0 Å². The summed E-state index contributed by atoms with van der Waals surface area (Å²) < 4.78 is 0. The molecular weight excluding hydrogens is 208 g/mol. The molecule has 0 heterocycles. The zero-order valence-electron chi connectivity index (χ0n) is 10.8. The molecule has 98 valence electrons. The van der Waals surface area contributed by atoms with Gasteiger partial charge in [0, 0.05) is 0 Å². The Kier molecular flexibility index (Phi) is 9.92. The van der Waals surface area contributed by atoms with Gasteiger partial charge in [0.15, 0.2) is 0 Å². The van der Waals surface area contributed by atoms with E-state index in [-0.39, 0.29) is 0 Å². The second-order valence-electron chi connectivity index (χ2n) is 4.86. The maximum Gasteiger partial charge on any atom is 0.101 e. The van der Waals surface area contributed by atoms with E-state index in [4.69, 9.17) is 10.1 Å². The largest absolute Gasteiger partial charge is 0.219 e. The molecule has 0 aliphatic heterocycles. The summed E-state index contributed by atoms with van der Waals surface area (Å²) in [4.78, 5) is 4.85. The standard InChI is InChI=1S/C12H26O4/c1-4-5-6-7-8-9-10-11-12(2,3)14-16-15-13/h13H,4-11H2,1-3H3. The van der Waals surface area contributed by atoms with Crippen LogP contribution < -0.4 is 0 Å². The molecule has 0 aliphatic rings. The van der Waals surface area contributed by atoms with E-state index in [1.165, 1.54) is 38.5 Å². The van der Waals surface area contributed by atoms with E-state index >= 15 is 0 Å². The molecule has 0 atom stereocenters. The lowest BCUT2D eigenvalue weighted by Gasteiger charge is -2.21. The fourth-order valence-electron chi connectivity index (χ4n) is 1.66. The molecule has 4 heteroatoms. The summed E-state index contributed by atoms with van der Waals surface area (Å²) in [7, 11) is 0. The molecule has 16 heavy (non-hydrogen) atoms. The SMILES string of the molecule is CCCCCCCCCC(C)(C)OOOO. The van der Waals surface area contributed by atoms with Crippen molar-refractivity contribution in [2.24, 2.45) is 0 Å². The average molecular weight is 234 g/mol. The number of hydrogen-bond acceptors (Lipinski definition) is 4. The van der Waals surface area contributed by atoms with Crippen molar-refractivity contribution in [2.45, 2.75) is 77.7 Å². The highest BCUT2D eigenvalue weighted by Gasteiger charge is 2.19. The summed E-state index contributed by atoms with van der Waals surface area (Å²) >= 11 is 0. The van der Waals surface area contributed by atoms with Crippen molar-refractivity contribution >= 4 is 0 Å². The minimum Gasteiger partial charge on any atom is -0.219 e. The minimum absolute atomic E-state index is 0.411. The predicted molar refractivity (Wildman–Crippen MR) is 62.6 cm³/mol. The molecule has 0 aromatic heterocycles. The molecule has 4 nitrogen and oxygen atoms in total. The van der Waals surface area contributed by atoms with E-state index in [9.17, 15) is 0 Å². The van der Waals surface area contributed by atoms with Crippen LogP contribution >= 0.6 is 0 Å². The Morgan fingerprint density at radius 3 is 2.06 bits per heavy atom. The van der Waals surface area contributed by atoms with E-state index in [0.29, 0.717) is 0 Å². The Labute approximate surface area is 98.7 Å². The highest BCUT2D eigenvalue weighted by atomic mass is 17.6. The van der Waals surface area contributed by atoms with Crippen LogP contribution in [0.3, 0.4) is 0 Å². The van der Waals surface area contributed by atoms with Gasteiger partial charge in [0.1, 0.15) is 5.60 Å². The summed E-state index contributed by atoms with van der Waals surface area (Å²) in [5.74, 6) is 0. The second-order valence-corrected chi connectivity index (χ2v) is 4.86. The molecule has 0 amide bonds. The molecular formula is C12H26O4. The first-order valence-corrected chi connectivity index (χ1v) is 6.28. The Morgan fingerprint density at radius 2 is 1.50 bits per heavy atom. The van der Waals surface area contributed by atoms with Crippen LogP contribution in [0.5, 0.6) is 0 Å². The summed E-state index contributed by atoms with van der Waals surface area (Å²) in [6.07, 6.45) is 9.81. The first kappa shape index (κ1) is 15.8. The maximum atomic E-state index is 7.97. The van der Waals surface area contributed by atoms with E-state index in [0.717, 1.165) is 12.8 Å². The molecule has 0 aliphatic carbocycles. The highest BCUT2D eigenvalue weighted by molar-refractivity contribution is 4.66. The summed E-state index contributed by atoms with van der Waals surface area (Å²) in [6.45, 7) is 6.04. The molecule has 0 spiro atoms. The zero-order chi connectivity index (χ0) is 12.3. The fraction of sp³-hybridized carbons (Fsp3) is 1.00. The minimum atomic E-state index is -0.411. The monoisotopic (exact) mass is 234 g/mol. The third-order valence-electron chi connectivity index (χ3n) is 2.67. The van der Waals surface area contributed by atoms with Gasteiger partial charge in [-0.2, -0.15) is 4.89 Å². The number of rotatable bonds is 11. The molecule has 0 fully saturated rings. The molecule has 0 radical (unpaired) electrons. The Morgan fingerprint density at radius 1 is 0.938 bits per heavy atom.